The number of rotatable bonds is 4. The molecule has 1 aliphatic rings. The molecule has 3 heteroatoms. The van der Waals surface area contributed by atoms with Crippen LogP contribution in [-0.2, 0) is 0 Å². The van der Waals surface area contributed by atoms with Crippen molar-refractivity contribution in [2.24, 2.45) is 0 Å². The van der Waals surface area contributed by atoms with Crippen molar-refractivity contribution in [1.82, 2.24) is 9.78 Å². The number of para-hydroxylation sites is 1. The van der Waals surface area contributed by atoms with E-state index in [0.717, 1.165) is 17.0 Å². The molecule has 134 valence electrons. The second kappa shape index (κ2) is 7.77. The first-order valence-corrected chi connectivity index (χ1v) is 9.65. The SMILES string of the molecule is COc1ccccc1-c1cc(-c2ccccc2)n(C2CCCCCC2)n1. The molecule has 1 aliphatic carbocycles. The molecule has 0 aliphatic heterocycles. The molecule has 3 aromatic rings. The number of hydrogen-bond donors (Lipinski definition) is 0. The van der Waals surface area contributed by atoms with Crippen LogP contribution in [-0.4, -0.2) is 16.9 Å². The van der Waals surface area contributed by atoms with Gasteiger partial charge in [0.2, 0.25) is 0 Å². The fraction of sp³-hybridized carbons (Fsp3) is 0.348. The maximum absolute atomic E-state index is 5.57. The Morgan fingerprint density at radius 1 is 0.885 bits per heavy atom. The predicted molar refractivity (Wildman–Crippen MR) is 106 cm³/mol. The van der Waals surface area contributed by atoms with Gasteiger partial charge in [-0.25, -0.2) is 0 Å². The van der Waals surface area contributed by atoms with Gasteiger partial charge in [-0.15, -0.1) is 0 Å². The Balaban J connectivity index is 1.82. The largest absolute Gasteiger partial charge is 0.496 e. The fourth-order valence-electron chi connectivity index (χ4n) is 3.99. The van der Waals surface area contributed by atoms with E-state index in [1.807, 2.05) is 18.2 Å². The smallest absolute Gasteiger partial charge is 0.128 e. The Morgan fingerprint density at radius 2 is 1.58 bits per heavy atom. The zero-order chi connectivity index (χ0) is 17.8. The highest BCUT2D eigenvalue weighted by Crippen LogP contribution is 2.36. The van der Waals surface area contributed by atoms with E-state index in [2.05, 4.69) is 47.1 Å². The van der Waals surface area contributed by atoms with Gasteiger partial charge < -0.3 is 4.74 Å². The summed E-state index contributed by atoms with van der Waals surface area (Å²) in [5, 5.41) is 5.07. The van der Waals surface area contributed by atoms with E-state index in [1.54, 1.807) is 7.11 Å². The normalized spacial score (nSPS) is 15.6. The lowest BCUT2D eigenvalue weighted by molar-refractivity contribution is 0.408. The average Bonchev–Trinajstić information content (AvgIpc) is 2.96. The van der Waals surface area contributed by atoms with Crippen LogP contribution in [0.3, 0.4) is 0 Å². The minimum absolute atomic E-state index is 0.483. The molecule has 1 aromatic heterocycles. The highest BCUT2D eigenvalue weighted by atomic mass is 16.5. The van der Waals surface area contributed by atoms with Gasteiger partial charge in [0.25, 0.3) is 0 Å². The molecule has 0 radical (unpaired) electrons. The molecule has 2 aromatic carbocycles. The van der Waals surface area contributed by atoms with E-state index >= 15 is 0 Å². The van der Waals surface area contributed by atoms with Crippen molar-refractivity contribution in [2.45, 2.75) is 44.6 Å². The van der Waals surface area contributed by atoms with Crippen molar-refractivity contribution in [3.05, 3.63) is 60.7 Å². The van der Waals surface area contributed by atoms with E-state index in [1.165, 1.54) is 49.8 Å². The van der Waals surface area contributed by atoms with Crippen molar-refractivity contribution < 1.29 is 4.74 Å². The third-order valence-corrected chi connectivity index (χ3v) is 5.36. The molecule has 1 heterocycles. The summed E-state index contributed by atoms with van der Waals surface area (Å²) >= 11 is 0. The molecular formula is C23H26N2O. The average molecular weight is 346 g/mol. The van der Waals surface area contributed by atoms with E-state index in [-0.39, 0.29) is 0 Å². The highest BCUT2D eigenvalue weighted by Gasteiger charge is 2.21. The summed E-state index contributed by atoms with van der Waals surface area (Å²) in [6.07, 6.45) is 7.71. The number of ether oxygens (including phenoxy) is 1. The molecule has 0 atom stereocenters. The predicted octanol–water partition coefficient (Wildman–Crippen LogP) is 6.12. The molecule has 0 unspecified atom stereocenters. The highest BCUT2D eigenvalue weighted by molar-refractivity contribution is 5.72. The van der Waals surface area contributed by atoms with Gasteiger partial charge in [0.15, 0.2) is 0 Å². The van der Waals surface area contributed by atoms with Gasteiger partial charge in [0, 0.05) is 5.56 Å². The van der Waals surface area contributed by atoms with Crippen LogP contribution in [0.4, 0.5) is 0 Å². The van der Waals surface area contributed by atoms with Gasteiger partial charge in [-0.2, -0.15) is 5.10 Å². The number of aromatic nitrogens is 2. The molecule has 0 bridgehead atoms. The Labute approximate surface area is 155 Å². The minimum atomic E-state index is 0.483. The van der Waals surface area contributed by atoms with Crippen molar-refractivity contribution in [2.75, 3.05) is 7.11 Å². The maximum atomic E-state index is 5.57. The summed E-state index contributed by atoms with van der Waals surface area (Å²) in [5.41, 5.74) is 4.48. The topological polar surface area (TPSA) is 27.1 Å². The van der Waals surface area contributed by atoms with E-state index in [9.17, 15) is 0 Å². The quantitative estimate of drug-likeness (QED) is 0.532. The summed E-state index contributed by atoms with van der Waals surface area (Å²) in [7, 11) is 1.72. The van der Waals surface area contributed by atoms with Crippen LogP contribution in [0.1, 0.15) is 44.6 Å². The van der Waals surface area contributed by atoms with E-state index in [0.29, 0.717) is 6.04 Å². The zero-order valence-electron chi connectivity index (χ0n) is 15.4. The standard InChI is InChI=1S/C23H26N2O/c1-26-23-16-10-9-15-20(23)21-17-22(18-11-5-4-6-12-18)25(24-21)19-13-7-2-3-8-14-19/h4-6,9-12,15-17,19H,2-3,7-8,13-14H2,1H3. The lowest BCUT2D eigenvalue weighted by atomic mass is 10.1. The molecule has 0 spiro atoms. The Kier molecular flexibility index (Phi) is 5.05. The molecule has 1 fully saturated rings. The van der Waals surface area contributed by atoms with Gasteiger partial charge >= 0.3 is 0 Å². The molecule has 0 N–H and O–H groups in total. The van der Waals surface area contributed by atoms with Crippen LogP contribution in [0.5, 0.6) is 5.75 Å². The van der Waals surface area contributed by atoms with Crippen LogP contribution in [0.2, 0.25) is 0 Å². The number of benzene rings is 2. The number of hydrogen-bond acceptors (Lipinski definition) is 2. The van der Waals surface area contributed by atoms with Crippen LogP contribution < -0.4 is 4.74 Å². The fourth-order valence-corrected chi connectivity index (χ4v) is 3.99. The summed E-state index contributed by atoms with van der Waals surface area (Å²) in [5.74, 6) is 0.873. The first kappa shape index (κ1) is 16.9. The lowest BCUT2D eigenvalue weighted by Crippen LogP contribution is -2.11. The second-order valence-electron chi connectivity index (χ2n) is 7.07. The molecule has 4 rings (SSSR count). The van der Waals surface area contributed by atoms with Crippen LogP contribution >= 0.6 is 0 Å². The van der Waals surface area contributed by atoms with Crippen molar-refractivity contribution in [3.63, 3.8) is 0 Å². The number of nitrogens with zero attached hydrogens (tertiary/aromatic N) is 2. The van der Waals surface area contributed by atoms with Gasteiger partial charge in [0.1, 0.15) is 5.75 Å². The second-order valence-corrected chi connectivity index (χ2v) is 7.07. The lowest BCUT2D eigenvalue weighted by Gasteiger charge is -2.18. The zero-order valence-corrected chi connectivity index (χ0v) is 15.4. The number of methoxy groups -OCH3 is 1. The monoisotopic (exact) mass is 346 g/mol. The van der Waals surface area contributed by atoms with E-state index in [4.69, 9.17) is 9.84 Å². The summed E-state index contributed by atoms with van der Waals surface area (Å²) in [4.78, 5) is 0. The Hall–Kier alpha value is -2.55. The Bertz CT molecular complexity index is 846. The van der Waals surface area contributed by atoms with Crippen molar-refractivity contribution in [3.8, 4) is 28.3 Å². The van der Waals surface area contributed by atoms with Crippen LogP contribution in [0.15, 0.2) is 60.7 Å². The minimum Gasteiger partial charge on any atom is -0.496 e. The summed E-state index contributed by atoms with van der Waals surface area (Å²) in [6, 6.07) is 21.5. The van der Waals surface area contributed by atoms with Crippen molar-refractivity contribution >= 4 is 0 Å². The van der Waals surface area contributed by atoms with Gasteiger partial charge in [-0.3, -0.25) is 4.68 Å². The first-order chi connectivity index (χ1) is 12.9. The molecule has 26 heavy (non-hydrogen) atoms. The molecule has 3 nitrogen and oxygen atoms in total. The Morgan fingerprint density at radius 3 is 2.31 bits per heavy atom. The van der Waals surface area contributed by atoms with E-state index < -0.39 is 0 Å². The van der Waals surface area contributed by atoms with Gasteiger partial charge in [-0.1, -0.05) is 68.1 Å². The van der Waals surface area contributed by atoms with Crippen molar-refractivity contribution in [1.29, 1.82) is 0 Å². The molecular weight excluding hydrogens is 320 g/mol. The molecule has 1 saturated carbocycles. The molecule has 0 saturated heterocycles. The third kappa shape index (κ3) is 3.39. The first-order valence-electron chi connectivity index (χ1n) is 9.65. The summed E-state index contributed by atoms with van der Waals surface area (Å²) in [6.45, 7) is 0. The van der Waals surface area contributed by atoms with Crippen LogP contribution in [0, 0.1) is 0 Å². The summed E-state index contributed by atoms with van der Waals surface area (Å²) < 4.78 is 7.85. The third-order valence-electron chi connectivity index (χ3n) is 5.36. The maximum Gasteiger partial charge on any atom is 0.128 e. The van der Waals surface area contributed by atoms with Crippen LogP contribution in [0.25, 0.3) is 22.5 Å². The molecule has 0 amide bonds. The van der Waals surface area contributed by atoms with Gasteiger partial charge in [-0.05, 0) is 36.6 Å². The van der Waals surface area contributed by atoms with Gasteiger partial charge in [0.05, 0.1) is 24.5 Å².